The third-order valence-corrected chi connectivity index (χ3v) is 3.61. The van der Waals surface area contributed by atoms with Gasteiger partial charge in [0, 0.05) is 18.7 Å². The maximum atomic E-state index is 13.3. The molecule has 0 bridgehead atoms. The highest BCUT2D eigenvalue weighted by Crippen LogP contribution is 2.30. The first-order valence-electron chi connectivity index (χ1n) is 6.40. The molecule has 4 heteroatoms. The molecule has 0 heterocycles. The minimum atomic E-state index is -0.229. The van der Waals surface area contributed by atoms with Gasteiger partial charge in [-0.2, -0.15) is 0 Å². The van der Waals surface area contributed by atoms with Gasteiger partial charge in [0.2, 0.25) is 0 Å². The number of thiocarbonyl (C=S) groups is 1. The van der Waals surface area contributed by atoms with Crippen molar-refractivity contribution in [2.45, 2.75) is 26.3 Å². The van der Waals surface area contributed by atoms with Crippen LogP contribution in [0.25, 0.3) is 0 Å². The van der Waals surface area contributed by atoms with Gasteiger partial charge in [-0.25, -0.2) is 4.39 Å². The Morgan fingerprint density at radius 3 is 2.78 bits per heavy atom. The van der Waals surface area contributed by atoms with Crippen molar-refractivity contribution in [3.63, 3.8) is 0 Å². The maximum absolute atomic E-state index is 13.3. The molecule has 1 aromatic rings. The Morgan fingerprint density at radius 2 is 2.22 bits per heavy atom. The zero-order valence-electron chi connectivity index (χ0n) is 10.7. The SMILES string of the molecule is CCN(Cc1cc(F)ccc1C(N)=S)CC1CC1. The molecular weight excluding hydrogens is 247 g/mol. The molecule has 98 valence electrons. The summed E-state index contributed by atoms with van der Waals surface area (Å²) in [6, 6.07) is 4.64. The summed E-state index contributed by atoms with van der Waals surface area (Å²) < 4.78 is 13.3. The monoisotopic (exact) mass is 266 g/mol. The van der Waals surface area contributed by atoms with Crippen LogP contribution in [0.3, 0.4) is 0 Å². The van der Waals surface area contributed by atoms with Crippen LogP contribution < -0.4 is 5.73 Å². The Hall–Kier alpha value is -1.00. The topological polar surface area (TPSA) is 29.3 Å². The van der Waals surface area contributed by atoms with Crippen molar-refractivity contribution >= 4 is 17.2 Å². The molecule has 1 fully saturated rings. The van der Waals surface area contributed by atoms with E-state index in [2.05, 4.69) is 11.8 Å². The summed E-state index contributed by atoms with van der Waals surface area (Å²) >= 11 is 5.02. The zero-order valence-corrected chi connectivity index (χ0v) is 11.5. The number of hydrogen-bond acceptors (Lipinski definition) is 2. The molecule has 0 atom stereocenters. The van der Waals surface area contributed by atoms with E-state index in [1.165, 1.54) is 18.9 Å². The van der Waals surface area contributed by atoms with Gasteiger partial charge in [-0.1, -0.05) is 19.1 Å². The predicted octanol–water partition coefficient (Wildman–Crippen LogP) is 2.69. The molecule has 0 saturated heterocycles. The van der Waals surface area contributed by atoms with E-state index < -0.39 is 0 Å². The molecule has 1 saturated carbocycles. The van der Waals surface area contributed by atoms with Gasteiger partial charge in [-0.05, 0) is 49.1 Å². The van der Waals surface area contributed by atoms with E-state index in [0.29, 0.717) is 4.99 Å². The van der Waals surface area contributed by atoms with Crippen LogP contribution in [0.4, 0.5) is 4.39 Å². The number of nitrogens with two attached hydrogens (primary N) is 1. The molecule has 0 unspecified atom stereocenters. The van der Waals surface area contributed by atoms with E-state index in [0.717, 1.165) is 36.7 Å². The van der Waals surface area contributed by atoms with Crippen LogP contribution in [0, 0.1) is 11.7 Å². The third-order valence-electron chi connectivity index (χ3n) is 3.39. The average molecular weight is 266 g/mol. The highest BCUT2D eigenvalue weighted by atomic mass is 32.1. The van der Waals surface area contributed by atoms with Crippen molar-refractivity contribution in [3.05, 3.63) is 35.1 Å². The minimum Gasteiger partial charge on any atom is -0.389 e. The standard InChI is InChI=1S/C14H19FN2S/c1-2-17(8-10-3-4-10)9-11-7-12(15)5-6-13(11)14(16)18/h5-7,10H,2-4,8-9H2,1H3,(H2,16,18). The van der Waals surface area contributed by atoms with Crippen molar-refractivity contribution in [1.82, 2.24) is 4.90 Å². The van der Waals surface area contributed by atoms with Crippen LogP contribution in [0.1, 0.15) is 30.9 Å². The lowest BCUT2D eigenvalue weighted by Gasteiger charge is -2.21. The Labute approximate surface area is 113 Å². The second kappa shape index (κ2) is 5.76. The molecule has 2 nitrogen and oxygen atoms in total. The van der Waals surface area contributed by atoms with Crippen LogP contribution in [-0.4, -0.2) is 23.0 Å². The molecule has 1 aliphatic rings. The molecule has 1 aromatic carbocycles. The first kappa shape index (κ1) is 13.4. The summed E-state index contributed by atoms with van der Waals surface area (Å²) in [4.78, 5) is 2.67. The lowest BCUT2D eigenvalue weighted by atomic mass is 10.1. The largest absolute Gasteiger partial charge is 0.389 e. The fourth-order valence-electron chi connectivity index (χ4n) is 2.15. The van der Waals surface area contributed by atoms with Crippen LogP contribution in [-0.2, 0) is 6.54 Å². The minimum absolute atomic E-state index is 0.229. The molecule has 2 N–H and O–H groups in total. The molecule has 2 rings (SSSR count). The number of nitrogens with zero attached hydrogens (tertiary/aromatic N) is 1. The van der Waals surface area contributed by atoms with E-state index in [9.17, 15) is 4.39 Å². The van der Waals surface area contributed by atoms with E-state index in [1.54, 1.807) is 12.1 Å². The molecular formula is C14H19FN2S. The summed E-state index contributed by atoms with van der Waals surface area (Å²) in [5.74, 6) is 0.597. The normalized spacial score (nSPS) is 15.1. The second-order valence-electron chi connectivity index (χ2n) is 4.94. The van der Waals surface area contributed by atoms with E-state index >= 15 is 0 Å². The van der Waals surface area contributed by atoms with Crippen LogP contribution in [0.15, 0.2) is 18.2 Å². The van der Waals surface area contributed by atoms with Crippen LogP contribution in [0.5, 0.6) is 0 Å². The second-order valence-corrected chi connectivity index (χ2v) is 5.38. The van der Waals surface area contributed by atoms with E-state index in [-0.39, 0.29) is 5.82 Å². The highest BCUT2D eigenvalue weighted by Gasteiger charge is 2.24. The molecule has 0 spiro atoms. The quantitative estimate of drug-likeness (QED) is 0.803. The lowest BCUT2D eigenvalue weighted by Crippen LogP contribution is -2.27. The van der Waals surface area contributed by atoms with Crippen molar-refractivity contribution in [2.24, 2.45) is 11.7 Å². The Balaban J connectivity index is 2.14. The fraction of sp³-hybridized carbons (Fsp3) is 0.500. The molecule has 0 aromatic heterocycles. The smallest absolute Gasteiger partial charge is 0.123 e. The Bertz CT molecular complexity index is 443. The summed E-state index contributed by atoms with van der Waals surface area (Å²) in [5, 5.41) is 0. The molecule has 18 heavy (non-hydrogen) atoms. The number of benzene rings is 1. The molecule has 0 amide bonds. The predicted molar refractivity (Wildman–Crippen MR) is 76.0 cm³/mol. The summed E-state index contributed by atoms with van der Waals surface area (Å²) in [5.41, 5.74) is 7.37. The molecule has 0 radical (unpaired) electrons. The van der Waals surface area contributed by atoms with Gasteiger partial charge in [0.15, 0.2) is 0 Å². The Kier molecular flexibility index (Phi) is 4.30. The molecule has 1 aliphatic carbocycles. The van der Waals surface area contributed by atoms with Gasteiger partial charge in [-0.15, -0.1) is 0 Å². The van der Waals surface area contributed by atoms with Crippen molar-refractivity contribution in [1.29, 1.82) is 0 Å². The first-order valence-corrected chi connectivity index (χ1v) is 6.81. The number of halogens is 1. The van der Waals surface area contributed by atoms with Crippen molar-refractivity contribution in [3.8, 4) is 0 Å². The van der Waals surface area contributed by atoms with Crippen molar-refractivity contribution in [2.75, 3.05) is 13.1 Å². The van der Waals surface area contributed by atoms with Crippen molar-refractivity contribution < 1.29 is 4.39 Å². The van der Waals surface area contributed by atoms with Gasteiger partial charge < -0.3 is 5.73 Å². The van der Waals surface area contributed by atoms with E-state index in [4.69, 9.17) is 18.0 Å². The van der Waals surface area contributed by atoms with Gasteiger partial charge in [0.25, 0.3) is 0 Å². The van der Waals surface area contributed by atoms with E-state index in [1.807, 2.05) is 0 Å². The average Bonchev–Trinajstić information content (AvgIpc) is 3.11. The van der Waals surface area contributed by atoms with Gasteiger partial charge in [0.05, 0.1) is 0 Å². The summed E-state index contributed by atoms with van der Waals surface area (Å²) in [6.07, 6.45) is 2.64. The number of rotatable bonds is 6. The number of hydrogen-bond donors (Lipinski definition) is 1. The maximum Gasteiger partial charge on any atom is 0.123 e. The van der Waals surface area contributed by atoms with Gasteiger partial charge in [0.1, 0.15) is 10.8 Å². The zero-order chi connectivity index (χ0) is 13.1. The van der Waals surface area contributed by atoms with Crippen LogP contribution >= 0.6 is 12.2 Å². The summed E-state index contributed by atoms with van der Waals surface area (Å²) in [7, 11) is 0. The third kappa shape index (κ3) is 3.50. The Morgan fingerprint density at radius 1 is 1.50 bits per heavy atom. The fourth-order valence-corrected chi connectivity index (χ4v) is 2.34. The first-order chi connectivity index (χ1) is 8.60. The molecule has 0 aliphatic heterocycles. The van der Waals surface area contributed by atoms with Gasteiger partial charge in [-0.3, -0.25) is 4.90 Å². The van der Waals surface area contributed by atoms with Gasteiger partial charge >= 0.3 is 0 Å². The lowest BCUT2D eigenvalue weighted by molar-refractivity contribution is 0.268. The summed E-state index contributed by atoms with van der Waals surface area (Å²) in [6.45, 7) is 4.90. The highest BCUT2D eigenvalue weighted by molar-refractivity contribution is 7.80. The van der Waals surface area contributed by atoms with Crippen LogP contribution in [0.2, 0.25) is 0 Å².